The molecule has 1 aromatic carbocycles. The number of nitrogens with zero attached hydrogens (tertiary/aromatic N) is 1. The van der Waals surface area contributed by atoms with E-state index in [0.29, 0.717) is 0 Å². The first-order valence-electron chi connectivity index (χ1n) is 5.52. The number of anilines is 1. The third-order valence-electron chi connectivity index (χ3n) is 2.78. The average molecular weight is 275 g/mol. The summed E-state index contributed by atoms with van der Waals surface area (Å²) in [5, 5.41) is 0. The highest BCUT2D eigenvalue weighted by molar-refractivity contribution is 6.52. The summed E-state index contributed by atoms with van der Waals surface area (Å²) in [4.78, 5) is 24.1. The van der Waals surface area contributed by atoms with Gasteiger partial charge in [0.2, 0.25) is 0 Å². The first-order valence-corrected chi connectivity index (χ1v) is 5.52. The maximum atomic E-state index is 13.0. The first-order chi connectivity index (χ1) is 8.79. The van der Waals surface area contributed by atoms with Gasteiger partial charge in [-0.25, -0.2) is 4.39 Å². The number of alkyl halides is 3. The van der Waals surface area contributed by atoms with Gasteiger partial charge in [0.25, 0.3) is 11.7 Å². The van der Waals surface area contributed by atoms with Crippen LogP contribution in [0.25, 0.3) is 0 Å². The number of hydrogen-bond acceptors (Lipinski definition) is 2. The fraction of sp³-hybridized carbons (Fsp3) is 0.333. The van der Waals surface area contributed by atoms with E-state index in [4.69, 9.17) is 0 Å². The second-order valence-electron chi connectivity index (χ2n) is 4.17. The number of halogens is 4. The SMILES string of the molecule is O=C1C(=O)N(CCCC(F)(F)F)c2ccc(F)cc21. The van der Waals surface area contributed by atoms with Gasteiger partial charge in [-0.3, -0.25) is 9.59 Å². The molecule has 19 heavy (non-hydrogen) atoms. The van der Waals surface area contributed by atoms with E-state index >= 15 is 0 Å². The third-order valence-corrected chi connectivity index (χ3v) is 2.78. The van der Waals surface area contributed by atoms with Crippen LogP contribution in [0.15, 0.2) is 18.2 Å². The number of carbonyl (C=O) groups is 2. The summed E-state index contributed by atoms with van der Waals surface area (Å²) in [5.41, 5.74) is 0.0654. The van der Waals surface area contributed by atoms with Crippen molar-refractivity contribution in [1.82, 2.24) is 0 Å². The second kappa shape index (κ2) is 4.64. The Labute approximate surface area is 105 Å². The lowest BCUT2D eigenvalue weighted by atomic mass is 10.1. The molecule has 1 aliphatic rings. The summed E-state index contributed by atoms with van der Waals surface area (Å²) in [5.74, 6) is -2.47. The van der Waals surface area contributed by atoms with E-state index in [1.54, 1.807) is 0 Å². The minimum absolute atomic E-state index is 0.1000. The van der Waals surface area contributed by atoms with Crippen LogP contribution in [0.1, 0.15) is 23.2 Å². The summed E-state index contributed by atoms with van der Waals surface area (Å²) in [6.45, 7) is -0.220. The Balaban J connectivity index is 2.15. The fourth-order valence-electron chi connectivity index (χ4n) is 1.93. The molecule has 0 atom stereocenters. The van der Waals surface area contributed by atoms with Crippen molar-refractivity contribution < 1.29 is 27.2 Å². The van der Waals surface area contributed by atoms with Crippen LogP contribution in [0.5, 0.6) is 0 Å². The molecule has 1 aromatic rings. The number of carbonyl (C=O) groups excluding carboxylic acids is 2. The standard InChI is InChI=1S/C12H9F4NO2/c13-7-2-3-9-8(6-7)10(18)11(19)17(9)5-1-4-12(14,15)16/h2-3,6H,1,4-5H2. The average Bonchev–Trinajstić information content (AvgIpc) is 2.53. The van der Waals surface area contributed by atoms with Crippen LogP contribution in [0.2, 0.25) is 0 Å². The van der Waals surface area contributed by atoms with Crippen molar-refractivity contribution in [3.8, 4) is 0 Å². The van der Waals surface area contributed by atoms with Crippen LogP contribution in [0, 0.1) is 5.82 Å². The molecule has 3 nitrogen and oxygen atoms in total. The van der Waals surface area contributed by atoms with Gasteiger partial charge in [0.05, 0.1) is 11.3 Å². The number of hydrogen-bond donors (Lipinski definition) is 0. The zero-order valence-electron chi connectivity index (χ0n) is 9.63. The highest BCUT2D eigenvalue weighted by atomic mass is 19.4. The molecular weight excluding hydrogens is 266 g/mol. The molecule has 102 valence electrons. The highest BCUT2D eigenvalue weighted by Gasteiger charge is 2.36. The van der Waals surface area contributed by atoms with Crippen molar-refractivity contribution in [3.63, 3.8) is 0 Å². The zero-order valence-corrected chi connectivity index (χ0v) is 9.63. The van der Waals surface area contributed by atoms with Crippen molar-refractivity contribution in [2.45, 2.75) is 19.0 Å². The molecule has 0 aromatic heterocycles. The maximum Gasteiger partial charge on any atom is 0.389 e. The molecule has 1 aliphatic heterocycles. The van der Waals surface area contributed by atoms with Crippen molar-refractivity contribution >= 4 is 17.4 Å². The molecular formula is C12H9F4NO2. The molecule has 0 N–H and O–H groups in total. The maximum absolute atomic E-state index is 13.0. The largest absolute Gasteiger partial charge is 0.389 e. The number of rotatable bonds is 3. The van der Waals surface area contributed by atoms with Crippen LogP contribution >= 0.6 is 0 Å². The van der Waals surface area contributed by atoms with E-state index in [1.165, 1.54) is 6.07 Å². The van der Waals surface area contributed by atoms with Gasteiger partial charge in [-0.1, -0.05) is 0 Å². The Morgan fingerprint density at radius 3 is 2.47 bits per heavy atom. The fourth-order valence-corrected chi connectivity index (χ4v) is 1.93. The number of benzene rings is 1. The molecule has 0 bridgehead atoms. The van der Waals surface area contributed by atoms with Gasteiger partial charge >= 0.3 is 6.18 Å². The molecule has 0 aliphatic carbocycles. The lowest BCUT2D eigenvalue weighted by Crippen LogP contribution is -2.31. The van der Waals surface area contributed by atoms with E-state index in [9.17, 15) is 27.2 Å². The minimum Gasteiger partial charge on any atom is -0.305 e. The van der Waals surface area contributed by atoms with Crippen LogP contribution in [0.4, 0.5) is 23.2 Å². The molecule has 2 rings (SSSR count). The molecule has 1 amide bonds. The van der Waals surface area contributed by atoms with Gasteiger partial charge in [0.1, 0.15) is 5.82 Å². The van der Waals surface area contributed by atoms with E-state index in [0.717, 1.165) is 17.0 Å². The Kier molecular flexibility index (Phi) is 3.30. The van der Waals surface area contributed by atoms with E-state index < -0.39 is 30.1 Å². The van der Waals surface area contributed by atoms with Crippen molar-refractivity contribution in [2.75, 3.05) is 11.4 Å². The molecule has 0 unspecified atom stereocenters. The quantitative estimate of drug-likeness (QED) is 0.628. The number of fused-ring (bicyclic) bond motifs is 1. The molecule has 7 heteroatoms. The third kappa shape index (κ3) is 2.74. The van der Waals surface area contributed by atoms with Gasteiger partial charge in [-0.05, 0) is 24.6 Å². The minimum atomic E-state index is -4.31. The lowest BCUT2D eigenvalue weighted by Gasteiger charge is -2.16. The topological polar surface area (TPSA) is 37.4 Å². The Bertz CT molecular complexity index is 539. The molecule has 0 radical (unpaired) electrons. The molecule has 0 spiro atoms. The number of ketones is 1. The van der Waals surface area contributed by atoms with Gasteiger partial charge in [-0.2, -0.15) is 13.2 Å². The van der Waals surface area contributed by atoms with Crippen LogP contribution in [-0.4, -0.2) is 24.4 Å². The lowest BCUT2D eigenvalue weighted by molar-refractivity contribution is -0.135. The predicted molar refractivity (Wildman–Crippen MR) is 58.4 cm³/mol. The molecule has 1 heterocycles. The highest BCUT2D eigenvalue weighted by Crippen LogP contribution is 2.30. The first kappa shape index (κ1) is 13.5. The summed E-state index contributed by atoms with van der Waals surface area (Å²) >= 11 is 0. The number of Topliss-reactive ketones (excluding diaryl/α,β-unsaturated/α-hetero) is 1. The summed E-state index contributed by atoms with van der Waals surface area (Å²) in [6, 6.07) is 3.20. The van der Waals surface area contributed by atoms with E-state index in [1.807, 2.05) is 0 Å². The van der Waals surface area contributed by atoms with Crippen molar-refractivity contribution in [1.29, 1.82) is 0 Å². The van der Waals surface area contributed by atoms with Gasteiger partial charge in [-0.15, -0.1) is 0 Å². The second-order valence-corrected chi connectivity index (χ2v) is 4.17. The summed E-state index contributed by atoms with van der Waals surface area (Å²) < 4.78 is 49.1. The Morgan fingerprint density at radius 2 is 1.84 bits per heavy atom. The van der Waals surface area contributed by atoms with E-state index in [2.05, 4.69) is 0 Å². The van der Waals surface area contributed by atoms with Crippen LogP contribution < -0.4 is 4.90 Å². The summed E-state index contributed by atoms with van der Waals surface area (Å²) in [6.07, 6.45) is -5.65. The van der Waals surface area contributed by atoms with Crippen molar-refractivity contribution in [2.24, 2.45) is 0 Å². The zero-order chi connectivity index (χ0) is 14.2. The Hall–Kier alpha value is -1.92. The summed E-state index contributed by atoms with van der Waals surface area (Å²) in [7, 11) is 0. The van der Waals surface area contributed by atoms with Gasteiger partial charge in [0, 0.05) is 13.0 Å². The van der Waals surface area contributed by atoms with Gasteiger partial charge in [0.15, 0.2) is 0 Å². The van der Waals surface area contributed by atoms with E-state index in [-0.39, 0.29) is 24.2 Å². The van der Waals surface area contributed by atoms with Gasteiger partial charge < -0.3 is 4.90 Å². The predicted octanol–water partition coefficient (Wildman–Crippen LogP) is 2.70. The Morgan fingerprint density at radius 1 is 1.16 bits per heavy atom. The number of amides is 1. The molecule has 0 saturated carbocycles. The smallest absolute Gasteiger partial charge is 0.305 e. The van der Waals surface area contributed by atoms with Crippen molar-refractivity contribution in [3.05, 3.63) is 29.6 Å². The molecule has 0 fully saturated rings. The monoisotopic (exact) mass is 275 g/mol. The van der Waals surface area contributed by atoms with Crippen LogP contribution in [0.3, 0.4) is 0 Å². The molecule has 0 saturated heterocycles. The van der Waals surface area contributed by atoms with Crippen LogP contribution in [-0.2, 0) is 4.79 Å². The normalized spacial score (nSPS) is 15.1.